The number of rotatable bonds is 4. The molecule has 9 nitrogen and oxygen atoms in total. The van der Waals surface area contributed by atoms with E-state index >= 15 is 0 Å². The van der Waals surface area contributed by atoms with Crippen LogP contribution in [0.25, 0.3) is 11.0 Å². The Kier molecular flexibility index (Phi) is 5.93. The fourth-order valence-electron chi connectivity index (χ4n) is 5.18. The highest BCUT2D eigenvalue weighted by Gasteiger charge is 2.39. The molecule has 2 amide bonds. The van der Waals surface area contributed by atoms with Crippen LogP contribution in [0.3, 0.4) is 0 Å². The molecular formula is C24H30N6O3S. The molecule has 5 rings (SSSR count). The highest BCUT2D eigenvalue weighted by atomic mass is 32.2. The van der Waals surface area contributed by atoms with E-state index in [0.29, 0.717) is 36.9 Å². The minimum absolute atomic E-state index is 0.0782. The number of benzene rings is 1. The van der Waals surface area contributed by atoms with Crippen molar-refractivity contribution in [2.45, 2.75) is 36.0 Å². The van der Waals surface area contributed by atoms with Crippen LogP contribution in [0, 0.1) is 5.92 Å². The number of hydrogen-bond donors (Lipinski definition) is 1. The van der Waals surface area contributed by atoms with Gasteiger partial charge in [0, 0.05) is 39.4 Å². The zero-order valence-electron chi connectivity index (χ0n) is 19.5. The van der Waals surface area contributed by atoms with Gasteiger partial charge >= 0.3 is 6.03 Å². The summed E-state index contributed by atoms with van der Waals surface area (Å²) in [5.41, 5.74) is 0.788. The Hall–Kier alpha value is -3.14. The van der Waals surface area contributed by atoms with Crippen molar-refractivity contribution >= 4 is 32.7 Å². The molecule has 2 aliphatic rings. The lowest BCUT2D eigenvalue weighted by molar-refractivity contribution is 0.133. The Morgan fingerprint density at radius 2 is 1.79 bits per heavy atom. The maximum atomic E-state index is 13.4. The third kappa shape index (κ3) is 4.00. The van der Waals surface area contributed by atoms with Crippen LogP contribution in [-0.2, 0) is 9.84 Å². The van der Waals surface area contributed by atoms with Crippen molar-refractivity contribution < 1.29 is 13.2 Å². The number of sulfone groups is 1. The summed E-state index contributed by atoms with van der Waals surface area (Å²) < 4.78 is 26.1. The number of piperidine rings is 1. The first kappa shape index (κ1) is 22.6. The maximum absolute atomic E-state index is 13.4. The largest absolute Gasteiger partial charge is 0.354 e. The molecule has 1 aromatic carbocycles. The monoisotopic (exact) mass is 482 g/mol. The molecule has 180 valence electrons. The Morgan fingerprint density at radius 1 is 1.06 bits per heavy atom. The number of anilines is 1. The number of aromatic amines is 1. The number of carbonyl (C=O) groups is 1. The Labute approximate surface area is 199 Å². The van der Waals surface area contributed by atoms with E-state index in [-0.39, 0.29) is 18.6 Å². The van der Waals surface area contributed by atoms with Crippen LogP contribution in [0.2, 0.25) is 0 Å². The van der Waals surface area contributed by atoms with Crippen LogP contribution in [0.5, 0.6) is 0 Å². The van der Waals surface area contributed by atoms with Crippen molar-refractivity contribution in [1.29, 1.82) is 0 Å². The third-order valence-corrected chi connectivity index (χ3v) is 9.47. The van der Waals surface area contributed by atoms with Gasteiger partial charge in [0.25, 0.3) is 0 Å². The number of nitrogens with zero attached hydrogens (tertiary/aromatic N) is 5. The molecule has 0 saturated carbocycles. The lowest BCUT2D eigenvalue weighted by Gasteiger charge is -2.43. The first-order valence-corrected chi connectivity index (χ1v) is 13.2. The highest BCUT2D eigenvalue weighted by Crippen LogP contribution is 2.30. The SMILES string of the molecule is C[C@@H]1CCN(C(=O)N2CC[C@@H](S(=O)(=O)c3ccccc3)C2)C[C@@H]1N(C)c1ncnc2[nH]ccc12. The second kappa shape index (κ2) is 8.90. The van der Waals surface area contributed by atoms with Gasteiger partial charge in [0.2, 0.25) is 0 Å². The van der Waals surface area contributed by atoms with E-state index in [1.54, 1.807) is 41.6 Å². The molecule has 2 aromatic heterocycles. The van der Waals surface area contributed by atoms with Crippen LogP contribution in [0.4, 0.5) is 10.6 Å². The van der Waals surface area contributed by atoms with E-state index < -0.39 is 15.1 Å². The number of hydrogen-bond acceptors (Lipinski definition) is 6. The zero-order chi connectivity index (χ0) is 23.9. The molecule has 2 aliphatic heterocycles. The number of amides is 2. The normalized spacial score (nSPS) is 23.4. The van der Waals surface area contributed by atoms with Gasteiger partial charge in [0.05, 0.1) is 21.6 Å². The summed E-state index contributed by atoms with van der Waals surface area (Å²) in [4.78, 5) is 31.4. The standard InChI is InChI=1S/C24H30N6O3S/c1-17-9-12-30(15-21(17)28(2)23-20-8-11-25-22(20)26-16-27-23)24(31)29-13-10-19(14-29)34(32,33)18-6-4-3-5-7-18/h3-8,11,16-17,19,21H,9-10,12-15H2,1-2H3,(H,25,26,27)/t17-,19-,21+/m1/s1. The van der Waals surface area contributed by atoms with Gasteiger partial charge in [-0.1, -0.05) is 25.1 Å². The summed E-state index contributed by atoms with van der Waals surface area (Å²) in [5, 5.41) is 0.387. The molecule has 10 heteroatoms. The molecule has 0 spiro atoms. The van der Waals surface area contributed by atoms with Crippen molar-refractivity contribution in [2.75, 3.05) is 38.1 Å². The third-order valence-electron chi connectivity index (χ3n) is 7.28. The molecule has 4 heterocycles. The molecule has 0 radical (unpaired) electrons. The quantitative estimate of drug-likeness (QED) is 0.614. The fourth-order valence-corrected chi connectivity index (χ4v) is 6.89. The summed E-state index contributed by atoms with van der Waals surface area (Å²) >= 11 is 0. The first-order valence-electron chi connectivity index (χ1n) is 11.7. The summed E-state index contributed by atoms with van der Waals surface area (Å²) in [6.45, 7) is 4.13. The van der Waals surface area contributed by atoms with Gasteiger partial charge in [0.1, 0.15) is 17.8 Å². The average molecular weight is 483 g/mol. The van der Waals surface area contributed by atoms with Crippen LogP contribution in [0.15, 0.2) is 53.8 Å². The first-order chi connectivity index (χ1) is 16.4. The summed E-state index contributed by atoms with van der Waals surface area (Å²) in [6.07, 6.45) is 4.74. The number of aromatic nitrogens is 3. The number of fused-ring (bicyclic) bond motifs is 1. The predicted octanol–water partition coefficient (Wildman–Crippen LogP) is 2.77. The molecule has 3 atom stereocenters. The van der Waals surface area contributed by atoms with E-state index in [9.17, 15) is 13.2 Å². The fraction of sp³-hybridized carbons (Fsp3) is 0.458. The van der Waals surface area contributed by atoms with E-state index in [0.717, 1.165) is 23.3 Å². The van der Waals surface area contributed by atoms with Crippen LogP contribution >= 0.6 is 0 Å². The van der Waals surface area contributed by atoms with Crippen LogP contribution < -0.4 is 4.90 Å². The Balaban J connectivity index is 1.29. The van der Waals surface area contributed by atoms with E-state index in [2.05, 4.69) is 26.8 Å². The van der Waals surface area contributed by atoms with Crippen molar-refractivity contribution in [1.82, 2.24) is 24.8 Å². The second-order valence-corrected chi connectivity index (χ2v) is 11.6. The molecule has 34 heavy (non-hydrogen) atoms. The van der Waals surface area contributed by atoms with Gasteiger partial charge in [-0.05, 0) is 37.0 Å². The van der Waals surface area contributed by atoms with E-state index in [1.165, 1.54) is 0 Å². The van der Waals surface area contributed by atoms with Crippen molar-refractivity contribution in [3.05, 3.63) is 48.9 Å². The molecular weight excluding hydrogens is 452 g/mol. The topological polar surface area (TPSA) is 102 Å². The predicted molar refractivity (Wildman–Crippen MR) is 130 cm³/mol. The van der Waals surface area contributed by atoms with Crippen molar-refractivity contribution in [3.63, 3.8) is 0 Å². The van der Waals surface area contributed by atoms with Crippen molar-refractivity contribution in [3.8, 4) is 0 Å². The molecule has 2 fully saturated rings. The number of carbonyl (C=O) groups excluding carboxylic acids is 1. The lowest BCUT2D eigenvalue weighted by Crippen LogP contribution is -2.55. The highest BCUT2D eigenvalue weighted by molar-refractivity contribution is 7.92. The molecule has 2 saturated heterocycles. The number of nitrogens with one attached hydrogen (secondary N) is 1. The van der Waals surface area contributed by atoms with Gasteiger partial charge in [-0.2, -0.15) is 0 Å². The van der Waals surface area contributed by atoms with Gasteiger partial charge < -0.3 is 19.7 Å². The number of H-pyrrole nitrogens is 1. The van der Waals surface area contributed by atoms with Gasteiger partial charge in [-0.25, -0.2) is 23.2 Å². The molecule has 1 N–H and O–H groups in total. The number of likely N-dealkylation sites (N-methyl/N-ethyl adjacent to an activating group) is 1. The minimum atomic E-state index is -3.46. The van der Waals surface area contributed by atoms with Gasteiger partial charge in [0.15, 0.2) is 9.84 Å². The molecule has 0 bridgehead atoms. The lowest BCUT2D eigenvalue weighted by atomic mass is 9.92. The molecule has 0 aliphatic carbocycles. The smallest absolute Gasteiger partial charge is 0.320 e. The Morgan fingerprint density at radius 3 is 2.59 bits per heavy atom. The summed E-state index contributed by atoms with van der Waals surface area (Å²) in [6, 6.07) is 10.5. The minimum Gasteiger partial charge on any atom is -0.354 e. The zero-order valence-corrected chi connectivity index (χ0v) is 20.3. The van der Waals surface area contributed by atoms with Gasteiger partial charge in [-0.15, -0.1) is 0 Å². The molecule has 0 unspecified atom stereocenters. The average Bonchev–Trinajstić information content (AvgIpc) is 3.54. The Bertz CT molecular complexity index is 1280. The van der Waals surface area contributed by atoms with Crippen LogP contribution in [0.1, 0.15) is 19.8 Å². The second-order valence-electron chi connectivity index (χ2n) is 9.32. The van der Waals surface area contributed by atoms with E-state index in [4.69, 9.17) is 0 Å². The number of urea groups is 1. The maximum Gasteiger partial charge on any atom is 0.320 e. The summed E-state index contributed by atoms with van der Waals surface area (Å²) in [5.74, 6) is 1.22. The van der Waals surface area contributed by atoms with E-state index in [1.807, 2.05) is 24.2 Å². The van der Waals surface area contributed by atoms with Crippen molar-refractivity contribution in [2.24, 2.45) is 5.92 Å². The van der Waals surface area contributed by atoms with Crippen LogP contribution in [-0.4, -0.2) is 83.7 Å². The molecule has 3 aromatic rings. The summed E-state index contributed by atoms with van der Waals surface area (Å²) in [7, 11) is -1.44. The van der Waals surface area contributed by atoms with Gasteiger partial charge in [-0.3, -0.25) is 0 Å². The number of likely N-dealkylation sites (tertiary alicyclic amines) is 2.